The van der Waals surface area contributed by atoms with Crippen molar-refractivity contribution in [3.63, 3.8) is 0 Å². The highest BCUT2D eigenvalue weighted by Gasteiger charge is 2.25. The zero-order valence-electron chi connectivity index (χ0n) is 17.6. The Morgan fingerprint density at radius 3 is 2.59 bits per heavy atom. The lowest BCUT2D eigenvalue weighted by Crippen LogP contribution is -2.29. The molecule has 0 unspecified atom stereocenters. The summed E-state index contributed by atoms with van der Waals surface area (Å²) in [5, 5.41) is 30.6. The zero-order valence-corrected chi connectivity index (χ0v) is 18.4. The third-order valence-electron chi connectivity index (χ3n) is 6.03. The van der Waals surface area contributed by atoms with E-state index in [1.165, 1.54) is 10.7 Å². The van der Waals surface area contributed by atoms with Crippen molar-refractivity contribution in [3.05, 3.63) is 40.2 Å². The van der Waals surface area contributed by atoms with Crippen LogP contribution < -0.4 is 10.6 Å². The molecule has 3 heterocycles. The molecule has 0 spiro atoms. The first-order valence-electron chi connectivity index (χ1n) is 10.7. The van der Waals surface area contributed by atoms with Crippen LogP contribution in [-0.2, 0) is 0 Å². The van der Waals surface area contributed by atoms with Crippen molar-refractivity contribution in [2.45, 2.75) is 37.6 Å². The summed E-state index contributed by atoms with van der Waals surface area (Å²) in [5.74, 6) is 1.14. The van der Waals surface area contributed by atoms with E-state index in [0.717, 1.165) is 44.3 Å². The molecule has 0 amide bonds. The average molecular weight is 448 g/mol. The minimum Gasteiger partial charge on any atom is -0.364 e. The second-order valence-corrected chi connectivity index (χ2v) is 8.81. The van der Waals surface area contributed by atoms with Crippen LogP contribution in [0.4, 0.5) is 17.5 Å². The number of nitrogens with zero attached hydrogens (tertiary/aromatic N) is 7. The maximum Gasteiger partial charge on any atom is 0.247 e. The molecule has 2 aliphatic rings. The Hall–Kier alpha value is -3.40. The monoisotopic (exact) mass is 447 g/mol. The Kier molecular flexibility index (Phi) is 5.30. The maximum absolute atomic E-state index is 9.60. The number of nitriles is 2. The first-order chi connectivity index (χ1) is 15.6. The van der Waals surface area contributed by atoms with Gasteiger partial charge in [0.1, 0.15) is 6.07 Å². The van der Waals surface area contributed by atoms with Crippen LogP contribution in [0.2, 0.25) is 5.02 Å². The van der Waals surface area contributed by atoms with Gasteiger partial charge in [-0.2, -0.15) is 20.0 Å². The molecule has 1 saturated heterocycles. The van der Waals surface area contributed by atoms with Crippen molar-refractivity contribution >= 4 is 34.7 Å². The number of fused-ring (bicyclic) bond motifs is 1. The molecule has 0 bridgehead atoms. The van der Waals surface area contributed by atoms with Gasteiger partial charge in [0, 0.05) is 6.04 Å². The second kappa shape index (κ2) is 8.27. The Balaban J connectivity index is 1.54. The van der Waals surface area contributed by atoms with Crippen molar-refractivity contribution in [3.8, 4) is 12.1 Å². The normalized spacial score (nSPS) is 17.1. The van der Waals surface area contributed by atoms with Crippen LogP contribution >= 0.6 is 11.6 Å². The Morgan fingerprint density at radius 2 is 1.91 bits per heavy atom. The van der Waals surface area contributed by atoms with E-state index in [9.17, 15) is 10.5 Å². The largest absolute Gasteiger partial charge is 0.364 e. The van der Waals surface area contributed by atoms with Gasteiger partial charge in [0.25, 0.3) is 0 Å². The smallest absolute Gasteiger partial charge is 0.247 e. The SMILES string of the molecule is CN1CCC(c2cc(C#N)cc(Nc3nc(NC4CC4)c4ncc(C#N)n4n3)c2Cl)CC1. The Bertz CT molecular complexity index is 1260. The number of aromatic nitrogens is 4. The van der Waals surface area contributed by atoms with Gasteiger partial charge in [-0.25, -0.2) is 4.98 Å². The summed E-state index contributed by atoms with van der Waals surface area (Å²) in [4.78, 5) is 11.2. The maximum atomic E-state index is 9.60. The molecule has 1 aliphatic carbocycles. The highest BCUT2D eigenvalue weighted by Crippen LogP contribution is 2.38. The van der Waals surface area contributed by atoms with Crippen molar-refractivity contribution in [2.75, 3.05) is 30.8 Å². The van der Waals surface area contributed by atoms with Gasteiger partial charge in [-0.1, -0.05) is 11.6 Å². The van der Waals surface area contributed by atoms with E-state index in [0.29, 0.717) is 45.4 Å². The van der Waals surface area contributed by atoms with Crippen LogP contribution in [0.3, 0.4) is 0 Å². The highest BCUT2D eigenvalue weighted by molar-refractivity contribution is 6.34. The van der Waals surface area contributed by atoms with Gasteiger partial charge in [0.15, 0.2) is 17.2 Å². The van der Waals surface area contributed by atoms with Crippen LogP contribution in [0.5, 0.6) is 0 Å². The van der Waals surface area contributed by atoms with E-state index in [1.54, 1.807) is 6.07 Å². The van der Waals surface area contributed by atoms with Crippen molar-refractivity contribution < 1.29 is 0 Å². The van der Waals surface area contributed by atoms with Gasteiger partial charge in [0.2, 0.25) is 5.95 Å². The molecule has 5 rings (SSSR count). The first kappa shape index (κ1) is 20.5. The third-order valence-corrected chi connectivity index (χ3v) is 6.45. The number of nitrogens with one attached hydrogen (secondary N) is 2. The minimum atomic E-state index is 0.279. The predicted octanol–water partition coefficient (Wildman–Crippen LogP) is 3.65. The van der Waals surface area contributed by atoms with Crippen LogP contribution in [0, 0.1) is 22.7 Å². The van der Waals surface area contributed by atoms with E-state index in [2.05, 4.69) is 49.8 Å². The van der Waals surface area contributed by atoms with Gasteiger partial charge in [0.05, 0.1) is 28.5 Å². The van der Waals surface area contributed by atoms with Crippen LogP contribution in [-0.4, -0.2) is 50.7 Å². The Labute approximate surface area is 190 Å². The number of imidazole rings is 1. The summed E-state index contributed by atoms with van der Waals surface area (Å²) in [6.45, 7) is 1.99. The lowest BCUT2D eigenvalue weighted by atomic mass is 9.88. The molecule has 10 heteroatoms. The molecule has 0 atom stereocenters. The second-order valence-electron chi connectivity index (χ2n) is 8.43. The van der Waals surface area contributed by atoms with Gasteiger partial charge in [-0.15, -0.1) is 5.10 Å². The summed E-state index contributed by atoms with van der Waals surface area (Å²) in [5.41, 5.74) is 2.90. The highest BCUT2D eigenvalue weighted by atomic mass is 35.5. The molecule has 32 heavy (non-hydrogen) atoms. The minimum absolute atomic E-state index is 0.279. The van der Waals surface area contributed by atoms with Gasteiger partial charge in [-0.05, 0) is 69.4 Å². The third kappa shape index (κ3) is 3.93. The van der Waals surface area contributed by atoms with E-state index in [1.807, 2.05) is 6.07 Å². The molecule has 0 radical (unpaired) electrons. The molecule has 1 aliphatic heterocycles. The zero-order chi connectivity index (χ0) is 22.2. The molecule has 2 N–H and O–H groups in total. The van der Waals surface area contributed by atoms with Crippen LogP contribution in [0.25, 0.3) is 5.65 Å². The molecule has 1 saturated carbocycles. The van der Waals surface area contributed by atoms with Gasteiger partial charge < -0.3 is 15.5 Å². The van der Waals surface area contributed by atoms with Gasteiger partial charge in [-0.3, -0.25) is 0 Å². The topological polar surface area (TPSA) is 118 Å². The summed E-state index contributed by atoms with van der Waals surface area (Å²) < 4.78 is 1.47. The molecular formula is C22H22ClN9. The number of likely N-dealkylation sites (tertiary alicyclic amines) is 1. The summed E-state index contributed by atoms with van der Waals surface area (Å²) in [6.07, 6.45) is 5.60. The van der Waals surface area contributed by atoms with Crippen LogP contribution in [0.15, 0.2) is 18.3 Å². The van der Waals surface area contributed by atoms with E-state index in [4.69, 9.17) is 11.6 Å². The molecular weight excluding hydrogens is 426 g/mol. The van der Waals surface area contributed by atoms with Crippen molar-refractivity contribution in [1.29, 1.82) is 10.5 Å². The predicted molar refractivity (Wildman–Crippen MR) is 121 cm³/mol. The summed E-state index contributed by atoms with van der Waals surface area (Å²) >= 11 is 6.82. The number of hydrogen-bond acceptors (Lipinski definition) is 8. The molecule has 162 valence electrons. The first-order valence-corrected chi connectivity index (χ1v) is 11.0. The number of piperidine rings is 1. The molecule has 1 aromatic carbocycles. The molecule has 3 aromatic rings. The standard InChI is InChI=1S/C22H22ClN9/c1-31-6-4-14(5-7-31)17-8-13(10-24)9-18(19(17)23)28-22-29-20(27-15-2-3-15)21-26-12-16(11-25)32(21)30-22/h8-9,12,14-15H,2-7H2,1H3,(H2,27,28,29,30). The average Bonchev–Trinajstić information content (AvgIpc) is 3.52. The van der Waals surface area contributed by atoms with E-state index >= 15 is 0 Å². The lowest BCUT2D eigenvalue weighted by Gasteiger charge is -2.30. The fourth-order valence-electron chi connectivity index (χ4n) is 4.07. The number of rotatable bonds is 5. The summed E-state index contributed by atoms with van der Waals surface area (Å²) in [7, 11) is 2.11. The molecule has 9 nitrogen and oxygen atoms in total. The number of hydrogen-bond donors (Lipinski definition) is 2. The number of anilines is 3. The van der Waals surface area contributed by atoms with E-state index < -0.39 is 0 Å². The fraction of sp³-hybridized carbons (Fsp3) is 0.409. The van der Waals surface area contributed by atoms with Gasteiger partial charge >= 0.3 is 0 Å². The quantitative estimate of drug-likeness (QED) is 0.608. The lowest BCUT2D eigenvalue weighted by molar-refractivity contribution is 0.255. The van der Waals surface area contributed by atoms with Crippen molar-refractivity contribution in [2.24, 2.45) is 0 Å². The van der Waals surface area contributed by atoms with Crippen LogP contribution in [0.1, 0.15) is 48.4 Å². The number of benzene rings is 1. The molecule has 2 fully saturated rings. The van der Waals surface area contributed by atoms with E-state index in [-0.39, 0.29) is 5.95 Å². The Morgan fingerprint density at radius 1 is 1.12 bits per heavy atom. The van der Waals surface area contributed by atoms with Crippen molar-refractivity contribution in [1.82, 2.24) is 24.5 Å². The number of halogens is 1. The molecule has 2 aromatic heterocycles. The summed E-state index contributed by atoms with van der Waals surface area (Å²) in [6, 6.07) is 8.29. The fourth-order valence-corrected chi connectivity index (χ4v) is 4.38.